The second kappa shape index (κ2) is 7.25. The minimum Gasteiger partial charge on any atom is -0.356 e. The fraction of sp³-hybridized carbons (Fsp3) is 0.278. The minimum atomic E-state index is 0.163. The van der Waals surface area contributed by atoms with E-state index in [4.69, 9.17) is 12.2 Å². The molecule has 0 unspecified atom stereocenters. The maximum atomic E-state index is 5.43. The highest BCUT2D eigenvalue weighted by atomic mass is 79.9. The van der Waals surface area contributed by atoms with Crippen LogP contribution in [0.5, 0.6) is 0 Å². The molecule has 0 radical (unpaired) electrons. The number of benzene rings is 2. The molecule has 1 atom stereocenters. The van der Waals surface area contributed by atoms with E-state index in [1.54, 1.807) is 0 Å². The topological polar surface area (TPSA) is 24.1 Å². The first-order valence-corrected chi connectivity index (χ1v) is 8.48. The van der Waals surface area contributed by atoms with Gasteiger partial charge in [0.1, 0.15) is 0 Å². The third-order valence-electron chi connectivity index (χ3n) is 3.66. The highest BCUT2D eigenvalue weighted by Gasteiger charge is 2.10. The van der Waals surface area contributed by atoms with Gasteiger partial charge in [-0.05, 0) is 74.8 Å². The summed E-state index contributed by atoms with van der Waals surface area (Å²) in [6.07, 6.45) is 0. The highest BCUT2D eigenvalue weighted by molar-refractivity contribution is 9.10. The lowest BCUT2D eigenvalue weighted by atomic mass is 10.0. The standard InChI is InChI=1S/C18H21BrN2S/c1-11-5-6-12(2)16(9-11)14(4)20-18(22)21-15-7-8-17(19)13(3)10-15/h5-10,14H,1-4H3,(H2,20,21,22)/t14-/m1/s1. The molecule has 4 heteroatoms. The van der Waals surface area contributed by atoms with Crippen LogP contribution in [0.25, 0.3) is 0 Å². The maximum Gasteiger partial charge on any atom is 0.171 e. The van der Waals surface area contributed by atoms with Crippen LogP contribution in [0.4, 0.5) is 5.69 Å². The Morgan fingerprint density at radius 3 is 2.45 bits per heavy atom. The van der Waals surface area contributed by atoms with E-state index in [0.29, 0.717) is 5.11 Å². The number of halogens is 1. The lowest BCUT2D eigenvalue weighted by molar-refractivity contribution is 0.716. The zero-order valence-corrected chi connectivity index (χ0v) is 15.7. The molecule has 0 amide bonds. The van der Waals surface area contributed by atoms with Crippen LogP contribution in [-0.4, -0.2) is 5.11 Å². The molecule has 2 aromatic rings. The molecule has 2 rings (SSSR count). The molecule has 0 saturated carbocycles. The smallest absolute Gasteiger partial charge is 0.171 e. The predicted octanol–water partition coefficient (Wildman–Crippen LogP) is 5.42. The van der Waals surface area contributed by atoms with Crippen molar-refractivity contribution in [1.82, 2.24) is 5.32 Å². The maximum absolute atomic E-state index is 5.43. The van der Waals surface area contributed by atoms with Crippen LogP contribution in [0.3, 0.4) is 0 Å². The Morgan fingerprint density at radius 2 is 1.77 bits per heavy atom. The van der Waals surface area contributed by atoms with Gasteiger partial charge in [0.05, 0.1) is 6.04 Å². The molecule has 22 heavy (non-hydrogen) atoms. The molecule has 0 fully saturated rings. The predicted molar refractivity (Wildman–Crippen MR) is 103 cm³/mol. The van der Waals surface area contributed by atoms with Crippen LogP contribution in [0, 0.1) is 20.8 Å². The lowest BCUT2D eigenvalue weighted by Gasteiger charge is -2.20. The SMILES string of the molecule is Cc1ccc(C)c([C@@H](C)NC(=S)Nc2ccc(Br)c(C)c2)c1. The number of thiocarbonyl (C=S) groups is 1. The van der Waals surface area contributed by atoms with Crippen molar-refractivity contribution < 1.29 is 0 Å². The van der Waals surface area contributed by atoms with Gasteiger partial charge in [-0.25, -0.2) is 0 Å². The van der Waals surface area contributed by atoms with Gasteiger partial charge in [0, 0.05) is 10.2 Å². The van der Waals surface area contributed by atoms with Crippen LogP contribution >= 0.6 is 28.1 Å². The van der Waals surface area contributed by atoms with Gasteiger partial charge in [-0.15, -0.1) is 0 Å². The lowest BCUT2D eigenvalue weighted by Crippen LogP contribution is -2.31. The molecule has 0 bridgehead atoms. The van der Waals surface area contributed by atoms with Gasteiger partial charge in [0.15, 0.2) is 5.11 Å². The number of hydrogen-bond acceptors (Lipinski definition) is 1. The van der Waals surface area contributed by atoms with Crippen molar-refractivity contribution >= 4 is 38.9 Å². The van der Waals surface area contributed by atoms with Crippen molar-refractivity contribution in [2.24, 2.45) is 0 Å². The molecule has 0 aliphatic carbocycles. The van der Waals surface area contributed by atoms with Gasteiger partial charge >= 0.3 is 0 Å². The summed E-state index contributed by atoms with van der Waals surface area (Å²) in [4.78, 5) is 0. The number of hydrogen-bond donors (Lipinski definition) is 2. The van der Waals surface area contributed by atoms with Crippen molar-refractivity contribution in [3.05, 3.63) is 63.1 Å². The van der Waals surface area contributed by atoms with Crippen molar-refractivity contribution in [1.29, 1.82) is 0 Å². The zero-order chi connectivity index (χ0) is 16.3. The summed E-state index contributed by atoms with van der Waals surface area (Å²) >= 11 is 8.94. The monoisotopic (exact) mass is 376 g/mol. The summed E-state index contributed by atoms with van der Waals surface area (Å²) in [5, 5.41) is 7.23. The zero-order valence-electron chi connectivity index (χ0n) is 13.3. The van der Waals surface area contributed by atoms with Gasteiger partial charge < -0.3 is 10.6 Å². The molecule has 0 aliphatic heterocycles. The second-order valence-corrected chi connectivity index (χ2v) is 6.91. The first-order valence-electron chi connectivity index (χ1n) is 7.27. The first kappa shape index (κ1) is 17.0. The Morgan fingerprint density at radius 1 is 1.05 bits per heavy atom. The van der Waals surface area contributed by atoms with Crippen LogP contribution in [0.1, 0.15) is 35.2 Å². The van der Waals surface area contributed by atoms with Crippen LogP contribution in [-0.2, 0) is 0 Å². The van der Waals surface area contributed by atoms with Crippen molar-refractivity contribution in [2.45, 2.75) is 33.7 Å². The van der Waals surface area contributed by atoms with E-state index < -0.39 is 0 Å². The Kier molecular flexibility index (Phi) is 5.59. The number of rotatable bonds is 3. The van der Waals surface area contributed by atoms with Gasteiger partial charge in [0.2, 0.25) is 0 Å². The summed E-state index contributed by atoms with van der Waals surface area (Å²) in [6.45, 7) is 8.42. The Balaban J connectivity index is 2.05. The molecule has 0 heterocycles. The third-order valence-corrected chi connectivity index (χ3v) is 4.77. The van der Waals surface area contributed by atoms with Gasteiger partial charge in [-0.3, -0.25) is 0 Å². The molecule has 116 valence electrons. The summed E-state index contributed by atoms with van der Waals surface area (Å²) in [6, 6.07) is 12.8. The molecular formula is C18H21BrN2S. The average molecular weight is 377 g/mol. The summed E-state index contributed by atoms with van der Waals surface area (Å²) < 4.78 is 1.10. The molecule has 0 aliphatic rings. The molecule has 0 aromatic heterocycles. The van der Waals surface area contributed by atoms with Crippen LogP contribution < -0.4 is 10.6 Å². The molecular weight excluding hydrogens is 356 g/mol. The largest absolute Gasteiger partial charge is 0.356 e. The van der Waals surface area contributed by atoms with Crippen LogP contribution in [0.2, 0.25) is 0 Å². The van der Waals surface area contributed by atoms with Gasteiger partial charge in [0.25, 0.3) is 0 Å². The molecule has 2 nitrogen and oxygen atoms in total. The first-order chi connectivity index (χ1) is 10.4. The van der Waals surface area contributed by atoms with Crippen molar-refractivity contribution in [2.75, 3.05) is 5.32 Å². The van der Waals surface area contributed by atoms with Crippen molar-refractivity contribution in [3.8, 4) is 0 Å². The fourth-order valence-electron chi connectivity index (χ4n) is 2.39. The third kappa shape index (κ3) is 4.31. The van der Waals surface area contributed by atoms with E-state index in [0.717, 1.165) is 10.2 Å². The van der Waals surface area contributed by atoms with E-state index in [1.165, 1.54) is 22.3 Å². The van der Waals surface area contributed by atoms with E-state index in [2.05, 4.69) is 78.5 Å². The average Bonchev–Trinajstić information content (AvgIpc) is 2.45. The van der Waals surface area contributed by atoms with E-state index in [-0.39, 0.29) is 6.04 Å². The highest BCUT2D eigenvalue weighted by Crippen LogP contribution is 2.21. The summed E-state index contributed by atoms with van der Waals surface area (Å²) in [5.41, 5.74) is 5.97. The van der Waals surface area contributed by atoms with Gasteiger partial charge in [-0.1, -0.05) is 39.7 Å². The number of nitrogens with one attached hydrogen (secondary N) is 2. The molecule has 0 saturated heterocycles. The normalized spacial score (nSPS) is 11.9. The summed E-state index contributed by atoms with van der Waals surface area (Å²) in [7, 11) is 0. The Hall–Kier alpha value is -1.39. The van der Waals surface area contributed by atoms with Crippen molar-refractivity contribution in [3.63, 3.8) is 0 Å². The number of aryl methyl sites for hydroxylation is 3. The molecule has 2 N–H and O–H groups in total. The Bertz CT molecular complexity index is 697. The second-order valence-electron chi connectivity index (χ2n) is 5.64. The Labute approximate surface area is 146 Å². The fourth-order valence-corrected chi connectivity index (χ4v) is 2.93. The van der Waals surface area contributed by atoms with Gasteiger partial charge in [-0.2, -0.15) is 0 Å². The quantitative estimate of drug-likeness (QED) is 0.699. The molecule has 2 aromatic carbocycles. The summed E-state index contributed by atoms with van der Waals surface area (Å²) in [5.74, 6) is 0. The van der Waals surface area contributed by atoms with E-state index in [9.17, 15) is 0 Å². The molecule has 0 spiro atoms. The van der Waals surface area contributed by atoms with Crippen LogP contribution in [0.15, 0.2) is 40.9 Å². The minimum absolute atomic E-state index is 0.163. The number of anilines is 1. The van der Waals surface area contributed by atoms with E-state index >= 15 is 0 Å². The van der Waals surface area contributed by atoms with E-state index in [1.807, 2.05) is 12.1 Å².